The maximum atomic E-state index is 13.1. The Morgan fingerprint density at radius 1 is 0.944 bits per heavy atom. The van der Waals surface area contributed by atoms with Crippen LogP contribution in [0.1, 0.15) is 39.2 Å². The van der Waals surface area contributed by atoms with Crippen molar-refractivity contribution in [2.24, 2.45) is 0 Å². The van der Waals surface area contributed by atoms with Gasteiger partial charge in [-0.3, -0.25) is 9.59 Å². The van der Waals surface area contributed by atoms with Crippen LogP contribution in [-0.4, -0.2) is 50.8 Å². The van der Waals surface area contributed by atoms with E-state index < -0.39 is 15.9 Å². The molecule has 2 N–H and O–H groups in total. The number of para-hydroxylation sites is 1. The monoisotopic (exact) mass is 527 g/mol. The molecule has 188 valence electrons. The molecule has 4 rings (SSSR count). The third-order valence-corrected chi connectivity index (χ3v) is 8.23. The van der Waals surface area contributed by atoms with E-state index in [9.17, 15) is 18.0 Å². The molecule has 36 heavy (non-hydrogen) atoms. The molecule has 2 amide bonds. The molecule has 1 aliphatic heterocycles. The summed E-state index contributed by atoms with van der Waals surface area (Å²) in [7, 11) is -3.91. The highest BCUT2D eigenvalue weighted by Crippen LogP contribution is 2.27. The number of amides is 2. The lowest BCUT2D eigenvalue weighted by Crippen LogP contribution is -2.40. The van der Waals surface area contributed by atoms with Gasteiger partial charge in [-0.2, -0.15) is 4.31 Å². The number of halogens is 1. The summed E-state index contributed by atoms with van der Waals surface area (Å²) in [6.07, 6.45) is 0. The van der Waals surface area contributed by atoms with E-state index in [0.717, 1.165) is 5.56 Å². The van der Waals surface area contributed by atoms with Crippen molar-refractivity contribution in [1.29, 1.82) is 0 Å². The summed E-state index contributed by atoms with van der Waals surface area (Å²) in [5.74, 6) is -0.921. The Hall–Kier alpha value is -3.24. The van der Waals surface area contributed by atoms with Crippen LogP contribution in [-0.2, 0) is 14.8 Å². The fraction of sp³-hybridized carbons (Fsp3) is 0.231. The fourth-order valence-electron chi connectivity index (χ4n) is 3.85. The molecule has 1 atom stereocenters. The van der Waals surface area contributed by atoms with Gasteiger partial charge in [-0.1, -0.05) is 54.1 Å². The summed E-state index contributed by atoms with van der Waals surface area (Å²) in [4.78, 5) is 25.9. The van der Waals surface area contributed by atoms with Crippen LogP contribution in [0.2, 0.25) is 5.02 Å². The number of nitrogens with zero attached hydrogens (tertiary/aromatic N) is 1. The normalized spacial score (nSPS) is 15.2. The molecule has 1 saturated heterocycles. The topological polar surface area (TPSA) is 105 Å². The van der Waals surface area contributed by atoms with Crippen molar-refractivity contribution in [3.63, 3.8) is 0 Å². The quantitative estimate of drug-likeness (QED) is 0.481. The maximum absolute atomic E-state index is 13.1. The van der Waals surface area contributed by atoms with Gasteiger partial charge in [0.2, 0.25) is 10.0 Å². The van der Waals surface area contributed by atoms with Gasteiger partial charge in [-0.15, -0.1) is 0 Å². The molecule has 1 aliphatic rings. The largest absolute Gasteiger partial charge is 0.379 e. The van der Waals surface area contributed by atoms with Crippen LogP contribution in [0.15, 0.2) is 77.7 Å². The van der Waals surface area contributed by atoms with Gasteiger partial charge in [0, 0.05) is 18.7 Å². The Morgan fingerprint density at radius 3 is 2.33 bits per heavy atom. The molecule has 1 heterocycles. The predicted molar refractivity (Wildman–Crippen MR) is 138 cm³/mol. The van der Waals surface area contributed by atoms with E-state index in [1.165, 1.54) is 22.5 Å². The third kappa shape index (κ3) is 5.76. The maximum Gasteiger partial charge on any atom is 0.255 e. The summed E-state index contributed by atoms with van der Waals surface area (Å²) >= 11 is 6.21. The number of nitrogens with one attached hydrogen (secondary N) is 2. The summed E-state index contributed by atoms with van der Waals surface area (Å²) < 4.78 is 32.7. The third-order valence-electron chi connectivity index (χ3n) is 5.85. The molecule has 3 aromatic rings. The molecular formula is C26H26ClN3O5S. The number of benzene rings is 3. The summed E-state index contributed by atoms with van der Waals surface area (Å²) in [6.45, 7) is 2.87. The average molecular weight is 528 g/mol. The first-order valence-electron chi connectivity index (χ1n) is 11.4. The molecular weight excluding hydrogens is 502 g/mol. The lowest BCUT2D eigenvalue weighted by atomic mass is 10.1. The number of anilines is 1. The summed E-state index contributed by atoms with van der Waals surface area (Å²) in [6, 6.07) is 20.0. The molecule has 0 aliphatic carbocycles. The zero-order valence-corrected chi connectivity index (χ0v) is 21.2. The van der Waals surface area contributed by atoms with Crippen molar-refractivity contribution in [3.05, 3.63) is 94.5 Å². The lowest BCUT2D eigenvalue weighted by molar-refractivity contribution is 0.0730. The van der Waals surface area contributed by atoms with E-state index in [2.05, 4.69) is 10.6 Å². The number of morpholine rings is 1. The molecule has 1 fully saturated rings. The average Bonchev–Trinajstić information content (AvgIpc) is 2.90. The zero-order chi connectivity index (χ0) is 25.7. The Bertz CT molecular complexity index is 1360. The highest BCUT2D eigenvalue weighted by molar-refractivity contribution is 7.89. The van der Waals surface area contributed by atoms with Crippen LogP contribution in [0.5, 0.6) is 0 Å². The predicted octanol–water partition coefficient (Wildman–Crippen LogP) is 4.10. The van der Waals surface area contributed by atoms with Gasteiger partial charge < -0.3 is 15.4 Å². The van der Waals surface area contributed by atoms with Crippen LogP contribution >= 0.6 is 11.6 Å². The second-order valence-electron chi connectivity index (χ2n) is 8.27. The van der Waals surface area contributed by atoms with Crippen LogP contribution in [0, 0.1) is 0 Å². The number of sulfonamides is 1. The van der Waals surface area contributed by atoms with E-state index in [1.807, 2.05) is 37.3 Å². The first kappa shape index (κ1) is 25.8. The first-order valence-corrected chi connectivity index (χ1v) is 13.2. The lowest BCUT2D eigenvalue weighted by Gasteiger charge is -2.26. The Balaban J connectivity index is 1.54. The molecule has 0 radical (unpaired) electrons. The number of ether oxygens (including phenoxy) is 1. The molecule has 0 bridgehead atoms. The Morgan fingerprint density at radius 2 is 1.61 bits per heavy atom. The first-order chi connectivity index (χ1) is 17.3. The van der Waals surface area contributed by atoms with E-state index in [1.54, 1.807) is 24.3 Å². The number of carbonyl (C=O) groups excluding carboxylic acids is 2. The highest BCUT2D eigenvalue weighted by Gasteiger charge is 2.29. The van der Waals surface area contributed by atoms with Gasteiger partial charge >= 0.3 is 0 Å². The molecule has 0 saturated carbocycles. The van der Waals surface area contributed by atoms with Crippen LogP contribution in [0.25, 0.3) is 0 Å². The van der Waals surface area contributed by atoms with Crippen molar-refractivity contribution < 1.29 is 22.7 Å². The second-order valence-corrected chi connectivity index (χ2v) is 10.6. The minimum absolute atomic E-state index is 0.0210. The Labute approximate surface area is 215 Å². The molecule has 10 heteroatoms. The van der Waals surface area contributed by atoms with E-state index in [0.29, 0.717) is 18.9 Å². The van der Waals surface area contributed by atoms with E-state index >= 15 is 0 Å². The highest BCUT2D eigenvalue weighted by atomic mass is 35.5. The van der Waals surface area contributed by atoms with Crippen molar-refractivity contribution in [2.45, 2.75) is 17.9 Å². The smallest absolute Gasteiger partial charge is 0.255 e. The number of hydrogen-bond acceptors (Lipinski definition) is 5. The van der Waals surface area contributed by atoms with Crippen LogP contribution in [0.4, 0.5) is 5.69 Å². The van der Waals surface area contributed by atoms with Crippen molar-refractivity contribution in [2.75, 3.05) is 31.6 Å². The van der Waals surface area contributed by atoms with Crippen molar-refractivity contribution in [3.8, 4) is 0 Å². The van der Waals surface area contributed by atoms with Crippen molar-refractivity contribution in [1.82, 2.24) is 9.62 Å². The standard InChI is InChI=1S/C26H26ClN3O5S/c1-18(19-7-3-2-4-8-19)28-26(32)21-9-5-6-10-23(21)29-25(31)20-11-12-22(27)24(17-20)36(33,34)30-13-15-35-16-14-30/h2-12,17-18H,13-16H2,1H3,(H,28,32)(H,29,31)/t18-/m1/s1. The zero-order valence-electron chi connectivity index (χ0n) is 19.6. The van der Waals surface area contributed by atoms with E-state index in [-0.39, 0.29) is 46.1 Å². The van der Waals surface area contributed by atoms with Gasteiger partial charge in [-0.25, -0.2) is 8.42 Å². The van der Waals surface area contributed by atoms with Gasteiger partial charge in [0.15, 0.2) is 0 Å². The van der Waals surface area contributed by atoms with Gasteiger partial charge in [0.05, 0.1) is 35.5 Å². The minimum atomic E-state index is -3.91. The molecule has 0 aromatic heterocycles. The SMILES string of the molecule is C[C@@H](NC(=O)c1ccccc1NC(=O)c1ccc(Cl)c(S(=O)(=O)N2CCOCC2)c1)c1ccccc1. The minimum Gasteiger partial charge on any atom is -0.379 e. The molecule has 0 spiro atoms. The van der Waals surface area contributed by atoms with Crippen LogP contribution in [0.3, 0.4) is 0 Å². The van der Waals surface area contributed by atoms with Crippen molar-refractivity contribution >= 4 is 39.1 Å². The summed E-state index contributed by atoms with van der Waals surface area (Å²) in [5.41, 5.74) is 1.62. The van der Waals surface area contributed by atoms with Gasteiger partial charge in [-0.05, 0) is 42.8 Å². The second kappa shape index (κ2) is 11.2. The van der Waals surface area contributed by atoms with Gasteiger partial charge in [0.1, 0.15) is 4.90 Å². The number of hydrogen-bond donors (Lipinski definition) is 2. The van der Waals surface area contributed by atoms with Gasteiger partial charge in [0.25, 0.3) is 11.8 Å². The Kier molecular flexibility index (Phi) is 8.05. The van der Waals surface area contributed by atoms with Crippen LogP contribution < -0.4 is 10.6 Å². The molecule has 3 aromatic carbocycles. The molecule has 0 unspecified atom stereocenters. The fourth-order valence-corrected chi connectivity index (χ4v) is 5.76. The number of rotatable bonds is 7. The molecule has 8 nitrogen and oxygen atoms in total. The van der Waals surface area contributed by atoms with E-state index in [4.69, 9.17) is 16.3 Å². The number of carbonyl (C=O) groups is 2. The summed E-state index contributed by atoms with van der Waals surface area (Å²) in [5, 5.41) is 5.68.